The fourth-order valence-electron chi connectivity index (χ4n) is 1.87. The molecule has 0 spiro atoms. The maximum atomic E-state index is 12.1. The second kappa shape index (κ2) is 7.61. The number of nitrogens with zero attached hydrogens (tertiary/aromatic N) is 3. The van der Waals surface area contributed by atoms with E-state index in [1.165, 1.54) is 18.1 Å². The van der Waals surface area contributed by atoms with Crippen LogP contribution < -0.4 is 0 Å². The van der Waals surface area contributed by atoms with Crippen LogP contribution in [-0.2, 0) is 17.8 Å². The van der Waals surface area contributed by atoms with Gasteiger partial charge in [-0.2, -0.15) is 5.10 Å². The summed E-state index contributed by atoms with van der Waals surface area (Å²) in [7, 11) is 0. The molecule has 0 saturated heterocycles. The first-order valence-electron chi connectivity index (χ1n) is 6.81. The molecule has 0 aliphatic carbocycles. The van der Waals surface area contributed by atoms with E-state index in [2.05, 4.69) is 23.9 Å². The molecule has 0 fully saturated rings. The number of thioether (sulfide) groups is 1. The van der Waals surface area contributed by atoms with Crippen molar-refractivity contribution in [1.82, 2.24) is 14.8 Å². The van der Waals surface area contributed by atoms with Crippen LogP contribution in [0.5, 0.6) is 0 Å². The quantitative estimate of drug-likeness (QED) is 0.732. The molecule has 0 amide bonds. The van der Waals surface area contributed by atoms with Gasteiger partial charge >= 0.3 is 0 Å². The predicted molar refractivity (Wildman–Crippen MR) is 85.7 cm³/mol. The molecule has 1 aromatic carbocycles. The van der Waals surface area contributed by atoms with E-state index in [0.29, 0.717) is 23.1 Å². The van der Waals surface area contributed by atoms with E-state index in [4.69, 9.17) is 11.6 Å². The van der Waals surface area contributed by atoms with Gasteiger partial charge in [-0.1, -0.05) is 31.5 Å². The van der Waals surface area contributed by atoms with Crippen molar-refractivity contribution in [3.05, 3.63) is 41.4 Å². The lowest BCUT2D eigenvalue weighted by atomic mass is 10.2. The molecule has 0 aliphatic heterocycles. The fourth-order valence-corrected chi connectivity index (χ4v) is 2.94. The van der Waals surface area contributed by atoms with Gasteiger partial charge in [0.1, 0.15) is 12.2 Å². The van der Waals surface area contributed by atoms with Gasteiger partial charge in [0.15, 0.2) is 5.78 Å². The molecule has 0 N–H and O–H groups in total. The van der Waals surface area contributed by atoms with Gasteiger partial charge in [-0.25, -0.2) is 9.67 Å². The summed E-state index contributed by atoms with van der Waals surface area (Å²) in [4.78, 5) is 17.3. The number of hydrogen-bond acceptors (Lipinski definition) is 4. The Balaban J connectivity index is 1.89. The van der Waals surface area contributed by atoms with Crippen LogP contribution in [0.15, 0.2) is 35.5 Å². The summed E-state index contributed by atoms with van der Waals surface area (Å²) in [6, 6.07) is 7.52. The van der Waals surface area contributed by atoms with Gasteiger partial charge in [0.2, 0.25) is 0 Å². The molecule has 1 heterocycles. The van der Waals surface area contributed by atoms with Crippen molar-refractivity contribution in [3.63, 3.8) is 0 Å². The number of ketones is 1. The van der Waals surface area contributed by atoms with Gasteiger partial charge in [0, 0.05) is 16.5 Å². The Morgan fingerprint density at radius 2 is 2.24 bits per heavy atom. The number of carbonyl (C=O) groups is 1. The van der Waals surface area contributed by atoms with Gasteiger partial charge in [-0.15, -0.1) is 11.8 Å². The van der Waals surface area contributed by atoms with Crippen molar-refractivity contribution < 1.29 is 4.79 Å². The number of benzene rings is 1. The van der Waals surface area contributed by atoms with Crippen LogP contribution in [0.2, 0.25) is 5.02 Å². The number of rotatable bonds is 7. The predicted octanol–water partition coefficient (Wildman–Crippen LogP) is 3.49. The Kier molecular flexibility index (Phi) is 5.82. The highest BCUT2D eigenvalue weighted by Crippen LogP contribution is 2.21. The van der Waals surface area contributed by atoms with Gasteiger partial charge in [-0.3, -0.25) is 4.79 Å². The van der Waals surface area contributed by atoms with Crippen LogP contribution in [0.3, 0.4) is 0 Å². The zero-order chi connectivity index (χ0) is 15.2. The van der Waals surface area contributed by atoms with E-state index in [1.54, 1.807) is 0 Å². The molecule has 0 atom stereocenters. The maximum Gasteiger partial charge on any atom is 0.150 e. The van der Waals surface area contributed by atoms with Crippen LogP contribution in [0.4, 0.5) is 0 Å². The molecule has 21 heavy (non-hydrogen) atoms. The molecule has 2 rings (SSSR count). The summed E-state index contributed by atoms with van der Waals surface area (Å²) < 4.78 is 1.81. The van der Waals surface area contributed by atoms with Gasteiger partial charge in [0.05, 0.1) is 12.2 Å². The molecule has 112 valence electrons. The summed E-state index contributed by atoms with van der Waals surface area (Å²) in [5.41, 5.74) is 0. The minimum absolute atomic E-state index is 0.137. The zero-order valence-electron chi connectivity index (χ0n) is 12.1. The van der Waals surface area contributed by atoms with E-state index in [1.807, 2.05) is 28.9 Å². The topological polar surface area (TPSA) is 47.8 Å². The normalized spacial score (nSPS) is 11.0. The standard InChI is InChI=1S/C15H18ClN3OS/c1-11(2)8-19-15(17-10-18-19)7-13(20)9-21-14-5-3-4-12(16)6-14/h3-6,10-11H,7-9H2,1-2H3. The average molecular weight is 324 g/mol. The van der Waals surface area contributed by atoms with Crippen LogP contribution >= 0.6 is 23.4 Å². The third kappa shape index (κ3) is 5.17. The first-order valence-corrected chi connectivity index (χ1v) is 8.17. The molecule has 2 aromatic rings. The molecule has 0 saturated carbocycles. The van der Waals surface area contributed by atoms with Crippen LogP contribution in [0, 0.1) is 5.92 Å². The van der Waals surface area contributed by atoms with Crippen molar-refractivity contribution in [2.45, 2.75) is 31.7 Å². The minimum atomic E-state index is 0.137. The smallest absolute Gasteiger partial charge is 0.150 e. The third-order valence-electron chi connectivity index (χ3n) is 2.79. The van der Waals surface area contributed by atoms with E-state index < -0.39 is 0 Å². The fraction of sp³-hybridized carbons (Fsp3) is 0.400. The van der Waals surface area contributed by atoms with Crippen molar-refractivity contribution in [2.75, 3.05) is 5.75 Å². The molecular weight excluding hydrogens is 306 g/mol. The van der Waals surface area contributed by atoms with Crippen LogP contribution in [0.1, 0.15) is 19.7 Å². The SMILES string of the molecule is CC(C)Cn1ncnc1CC(=O)CSc1cccc(Cl)c1. The first-order chi connectivity index (χ1) is 10.0. The molecular formula is C15H18ClN3OS. The first kappa shape index (κ1) is 16.0. The summed E-state index contributed by atoms with van der Waals surface area (Å²) in [5, 5.41) is 4.85. The lowest BCUT2D eigenvalue weighted by Crippen LogP contribution is -2.15. The molecule has 4 nitrogen and oxygen atoms in total. The number of Topliss-reactive ketones (excluding diaryl/α,β-unsaturated/α-hetero) is 1. The molecule has 0 bridgehead atoms. The number of carbonyl (C=O) groups excluding carboxylic acids is 1. The lowest BCUT2D eigenvalue weighted by Gasteiger charge is -2.08. The van der Waals surface area contributed by atoms with Gasteiger partial charge in [0.25, 0.3) is 0 Å². The van der Waals surface area contributed by atoms with Crippen molar-refractivity contribution in [1.29, 1.82) is 0 Å². The minimum Gasteiger partial charge on any atom is -0.298 e. The summed E-state index contributed by atoms with van der Waals surface area (Å²) in [6.45, 7) is 5.01. The van der Waals surface area contributed by atoms with Crippen molar-refractivity contribution >= 4 is 29.1 Å². The second-order valence-electron chi connectivity index (χ2n) is 5.21. The van der Waals surface area contributed by atoms with Crippen LogP contribution in [-0.4, -0.2) is 26.3 Å². The van der Waals surface area contributed by atoms with Crippen LogP contribution in [0.25, 0.3) is 0 Å². The van der Waals surface area contributed by atoms with Crippen molar-refractivity contribution in [3.8, 4) is 0 Å². The molecule has 0 unspecified atom stereocenters. The highest BCUT2D eigenvalue weighted by atomic mass is 35.5. The third-order valence-corrected chi connectivity index (χ3v) is 4.07. The van der Waals surface area contributed by atoms with E-state index in [0.717, 1.165) is 17.3 Å². The number of halogens is 1. The molecule has 6 heteroatoms. The van der Waals surface area contributed by atoms with E-state index >= 15 is 0 Å². The van der Waals surface area contributed by atoms with E-state index in [-0.39, 0.29) is 5.78 Å². The Morgan fingerprint density at radius 1 is 1.43 bits per heavy atom. The Labute approximate surface area is 133 Å². The van der Waals surface area contributed by atoms with E-state index in [9.17, 15) is 4.79 Å². The number of aromatic nitrogens is 3. The average Bonchev–Trinajstić information content (AvgIpc) is 2.83. The Morgan fingerprint density at radius 3 is 2.95 bits per heavy atom. The van der Waals surface area contributed by atoms with Crippen molar-refractivity contribution in [2.24, 2.45) is 5.92 Å². The molecule has 0 aliphatic rings. The van der Waals surface area contributed by atoms with Gasteiger partial charge < -0.3 is 0 Å². The second-order valence-corrected chi connectivity index (χ2v) is 6.70. The lowest BCUT2D eigenvalue weighted by molar-refractivity contribution is -0.116. The molecule has 0 radical (unpaired) electrons. The Hall–Kier alpha value is -1.33. The monoisotopic (exact) mass is 323 g/mol. The summed E-state index contributed by atoms with van der Waals surface area (Å²) >= 11 is 7.42. The maximum absolute atomic E-state index is 12.1. The number of hydrogen-bond donors (Lipinski definition) is 0. The highest BCUT2D eigenvalue weighted by molar-refractivity contribution is 8.00. The largest absolute Gasteiger partial charge is 0.298 e. The highest BCUT2D eigenvalue weighted by Gasteiger charge is 2.11. The molecule has 1 aromatic heterocycles. The summed E-state index contributed by atoms with van der Waals surface area (Å²) in [6.07, 6.45) is 1.83. The van der Waals surface area contributed by atoms with Gasteiger partial charge in [-0.05, 0) is 24.1 Å². The zero-order valence-corrected chi connectivity index (χ0v) is 13.7. The Bertz CT molecular complexity index is 612. The summed E-state index contributed by atoms with van der Waals surface area (Å²) in [5.74, 6) is 1.76.